The van der Waals surface area contributed by atoms with E-state index in [1.54, 1.807) is 18.2 Å². The van der Waals surface area contributed by atoms with Crippen LogP contribution in [-0.4, -0.2) is 43.1 Å². The average Bonchev–Trinajstić information content (AvgIpc) is 3.22. The third kappa shape index (κ3) is 4.50. The lowest BCUT2D eigenvalue weighted by Gasteiger charge is -2.32. The van der Waals surface area contributed by atoms with Crippen molar-refractivity contribution >= 4 is 11.8 Å². The summed E-state index contributed by atoms with van der Waals surface area (Å²) in [5, 5.41) is 2.95. The zero-order chi connectivity index (χ0) is 20.2. The van der Waals surface area contributed by atoms with Gasteiger partial charge in [0.15, 0.2) is 11.5 Å². The number of hydrogen-bond donors (Lipinski definition) is 1. The van der Waals surface area contributed by atoms with Crippen LogP contribution >= 0.6 is 0 Å². The van der Waals surface area contributed by atoms with Crippen molar-refractivity contribution < 1.29 is 23.5 Å². The summed E-state index contributed by atoms with van der Waals surface area (Å²) in [5.74, 6) is 1.18. The van der Waals surface area contributed by atoms with Gasteiger partial charge in [0, 0.05) is 30.8 Å². The van der Waals surface area contributed by atoms with E-state index in [4.69, 9.17) is 9.47 Å². The fraction of sp³-hybridized carbons (Fsp3) is 0.364. The molecule has 2 heterocycles. The van der Waals surface area contributed by atoms with Crippen molar-refractivity contribution in [1.29, 1.82) is 0 Å². The van der Waals surface area contributed by atoms with E-state index in [1.807, 2.05) is 4.90 Å². The second-order valence-electron chi connectivity index (χ2n) is 7.36. The number of amides is 2. The molecule has 2 amide bonds. The number of hydrogen-bond acceptors (Lipinski definition) is 4. The summed E-state index contributed by atoms with van der Waals surface area (Å²) in [7, 11) is 0. The van der Waals surface area contributed by atoms with Crippen LogP contribution in [0.1, 0.15) is 40.0 Å². The van der Waals surface area contributed by atoms with Gasteiger partial charge in [0.2, 0.25) is 6.79 Å². The standard InChI is InChI=1S/C22H23FN2O4/c23-18-4-1-16(2-5-18)22(27)25-11-8-15(9-12-25)7-10-24-21(26)17-3-6-19-20(13-17)29-14-28-19/h1-6,13,15H,7-12,14H2,(H,24,26). The van der Waals surface area contributed by atoms with E-state index in [0.717, 1.165) is 19.3 Å². The van der Waals surface area contributed by atoms with Crippen LogP contribution in [0, 0.1) is 11.7 Å². The Hall–Kier alpha value is -3.09. The molecule has 0 atom stereocenters. The topological polar surface area (TPSA) is 67.9 Å². The zero-order valence-corrected chi connectivity index (χ0v) is 16.0. The average molecular weight is 398 g/mol. The first kappa shape index (κ1) is 19.2. The molecule has 4 rings (SSSR count). The van der Waals surface area contributed by atoms with Gasteiger partial charge in [0.25, 0.3) is 11.8 Å². The molecule has 2 aliphatic rings. The van der Waals surface area contributed by atoms with Gasteiger partial charge in [0.05, 0.1) is 0 Å². The molecule has 0 radical (unpaired) electrons. The highest BCUT2D eigenvalue weighted by atomic mass is 19.1. The number of nitrogens with one attached hydrogen (secondary N) is 1. The number of rotatable bonds is 5. The number of fused-ring (bicyclic) bond motifs is 1. The third-order valence-corrected chi connectivity index (χ3v) is 5.47. The number of carbonyl (C=O) groups excluding carboxylic acids is 2. The van der Waals surface area contributed by atoms with Gasteiger partial charge < -0.3 is 19.7 Å². The van der Waals surface area contributed by atoms with Crippen molar-refractivity contribution in [3.8, 4) is 11.5 Å². The highest BCUT2D eigenvalue weighted by Crippen LogP contribution is 2.32. The lowest BCUT2D eigenvalue weighted by atomic mass is 9.93. The number of piperidine rings is 1. The summed E-state index contributed by atoms with van der Waals surface area (Å²) < 4.78 is 23.6. The van der Waals surface area contributed by atoms with E-state index in [2.05, 4.69) is 5.32 Å². The van der Waals surface area contributed by atoms with Crippen LogP contribution in [0.2, 0.25) is 0 Å². The highest BCUT2D eigenvalue weighted by molar-refractivity contribution is 5.95. The molecule has 0 aromatic heterocycles. The van der Waals surface area contributed by atoms with E-state index < -0.39 is 0 Å². The third-order valence-electron chi connectivity index (χ3n) is 5.47. The molecule has 2 aromatic carbocycles. The van der Waals surface area contributed by atoms with Crippen LogP contribution in [0.4, 0.5) is 4.39 Å². The monoisotopic (exact) mass is 398 g/mol. The van der Waals surface area contributed by atoms with Gasteiger partial charge in [-0.3, -0.25) is 9.59 Å². The van der Waals surface area contributed by atoms with Crippen LogP contribution in [0.25, 0.3) is 0 Å². The predicted molar refractivity (Wildman–Crippen MR) is 105 cm³/mol. The molecule has 0 unspecified atom stereocenters. The Morgan fingerprint density at radius 2 is 1.69 bits per heavy atom. The molecule has 0 saturated carbocycles. The van der Waals surface area contributed by atoms with Gasteiger partial charge in [-0.1, -0.05) is 0 Å². The fourth-order valence-corrected chi connectivity index (χ4v) is 3.73. The number of likely N-dealkylation sites (tertiary alicyclic amines) is 1. The molecule has 1 fully saturated rings. The lowest BCUT2D eigenvalue weighted by Crippen LogP contribution is -2.39. The van der Waals surface area contributed by atoms with Crippen molar-refractivity contribution in [3.63, 3.8) is 0 Å². The van der Waals surface area contributed by atoms with E-state index in [-0.39, 0.29) is 24.4 Å². The van der Waals surface area contributed by atoms with Gasteiger partial charge in [0.1, 0.15) is 5.82 Å². The number of halogens is 1. The first-order valence-electron chi connectivity index (χ1n) is 9.83. The largest absolute Gasteiger partial charge is 0.454 e. The predicted octanol–water partition coefficient (Wildman–Crippen LogP) is 3.23. The van der Waals surface area contributed by atoms with Gasteiger partial charge in [-0.25, -0.2) is 4.39 Å². The number of nitrogens with zero attached hydrogens (tertiary/aromatic N) is 1. The van der Waals surface area contributed by atoms with Crippen molar-refractivity contribution in [2.75, 3.05) is 26.4 Å². The zero-order valence-electron chi connectivity index (χ0n) is 16.0. The Labute approximate surface area is 168 Å². The lowest BCUT2D eigenvalue weighted by molar-refractivity contribution is 0.0687. The van der Waals surface area contributed by atoms with E-state index in [9.17, 15) is 14.0 Å². The molecule has 1 saturated heterocycles. The molecule has 0 spiro atoms. The smallest absolute Gasteiger partial charge is 0.253 e. The van der Waals surface area contributed by atoms with Crippen LogP contribution in [0.5, 0.6) is 11.5 Å². The number of benzene rings is 2. The van der Waals surface area contributed by atoms with Gasteiger partial charge in [-0.2, -0.15) is 0 Å². The van der Waals surface area contributed by atoms with Crippen molar-refractivity contribution in [2.45, 2.75) is 19.3 Å². The summed E-state index contributed by atoms with van der Waals surface area (Å²) in [5.41, 5.74) is 1.06. The second-order valence-corrected chi connectivity index (χ2v) is 7.36. The molecule has 0 aliphatic carbocycles. The molecular formula is C22H23FN2O4. The van der Waals surface area contributed by atoms with Crippen LogP contribution in [-0.2, 0) is 0 Å². The van der Waals surface area contributed by atoms with Crippen molar-refractivity contribution in [1.82, 2.24) is 10.2 Å². The maximum Gasteiger partial charge on any atom is 0.253 e. The normalized spacial score (nSPS) is 16.0. The highest BCUT2D eigenvalue weighted by Gasteiger charge is 2.24. The van der Waals surface area contributed by atoms with Gasteiger partial charge in [-0.05, 0) is 67.6 Å². The Balaban J connectivity index is 1.20. The maximum absolute atomic E-state index is 13.0. The Kier molecular flexibility index (Phi) is 5.64. The maximum atomic E-state index is 13.0. The SMILES string of the molecule is O=C(NCCC1CCN(C(=O)c2ccc(F)cc2)CC1)c1ccc2c(c1)OCO2. The first-order valence-corrected chi connectivity index (χ1v) is 9.83. The van der Waals surface area contributed by atoms with Crippen molar-refractivity contribution in [3.05, 3.63) is 59.4 Å². The molecule has 0 bridgehead atoms. The first-order chi connectivity index (χ1) is 14.1. The minimum atomic E-state index is -0.344. The van der Waals surface area contributed by atoms with Crippen LogP contribution in [0.3, 0.4) is 0 Å². The summed E-state index contributed by atoms with van der Waals surface area (Å²) in [6, 6.07) is 10.8. The van der Waals surface area contributed by atoms with Crippen molar-refractivity contribution in [2.24, 2.45) is 5.92 Å². The number of carbonyl (C=O) groups is 2. The summed E-state index contributed by atoms with van der Waals surface area (Å²) in [6.07, 6.45) is 2.66. The Morgan fingerprint density at radius 3 is 2.45 bits per heavy atom. The minimum absolute atomic E-state index is 0.0560. The Morgan fingerprint density at radius 1 is 1.00 bits per heavy atom. The molecule has 2 aliphatic heterocycles. The fourth-order valence-electron chi connectivity index (χ4n) is 3.73. The molecule has 2 aromatic rings. The van der Waals surface area contributed by atoms with E-state index >= 15 is 0 Å². The molecule has 152 valence electrons. The van der Waals surface area contributed by atoms with Crippen LogP contribution in [0.15, 0.2) is 42.5 Å². The molecule has 29 heavy (non-hydrogen) atoms. The summed E-state index contributed by atoms with van der Waals surface area (Å²) in [6.45, 7) is 2.13. The van der Waals surface area contributed by atoms with E-state index in [0.29, 0.717) is 48.2 Å². The summed E-state index contributed by atoms with van der Waals surface area (Å²) >= 11 is 0. The Bertz CT molecular complexity index is 892. The van der Waals surface area contributed by atoms with Crippen LogP contribution < -0.4 is 14.8 Å². The molecule has 7 heteroatoms. The number of ether oxygens (including phenoxy) is 2. The van der Waals surface area contributed by atoms with Gasteiger partial charge in [-0.15, -0.1) is 0 Å². The molecule has 6 nitrogen and oxygen atoms in total. The van der Waals surface area contributed by atoms with Gasteiger partial charge >= 0.3 is 0 Å². The minimum Gasteiger partial charge on any atom is -0.454 e. The molecular weight excluding hydrogens is 375 g/mol. The molecule has 1 N–H and O–H groups in total. The quantitative estimate of drug-likeness (QED) is 0.840. The second kappa shape index (κ2) is 8.51. The summed E-state index contributed by atoms with van der Waals surface area (Å²) in [4.78, 5) is 26.6. The van der Waals surface area contributed by atoms with E-state index in [1.165, 1.54) is 24.3 Å².